The number of nitrogens with zero attached hydrogens (tertiary/aromatic N) is 1. The third-order valence-electron chi connectivity index (χ3n) is 2.35. The van der Waals surface area contributed by atoms with Gasteiger partial charge in [0, 0.05) is 6.20 Å². The molecular weight excluding hydrogens is 262 g/mol. The topological polar surface area (TPSA) is 77.2 Å². The molecule has 6 heteroatoms. The number of amides is 1. The van der Waals surface area contributed by atoms with Crippen LogP contribution in [0.3, 0.4) is 0 Å². The van der Waals surface area contributed by atoms with E-state index in [9.17, 15) is 4.79 Å². The van der Waals surface area contributed by atoms with Crippen LogP contribution in [-0.2, 0) is 4.79 Å². The molecule has 0 spiro atoms. The summed E-state index contributed by atoms with van der Waals surface area (Å²) in [6.07, 6.45) is 4.25. The summed E-state index contributed by atoms with van der Waals surface area (Å²) in [4.78, 5) is 16.0. The lowest BCUT2D eigenvalue weighted by molar-refractivity contribution is -0.117. The summed E-state index contributed by atoms with van der Waals surface area (Å²) >= 11 is 1.67. The number of rotatable bonds is 7. The highest BCUT2D eigenvalue weighted by molar-refractivity contribution is 7.98. The van der Waals surface area contributed by atoms with Crippen LogP contribution >= 0.6 is 11.8 Å². The molecule has 0 aliphatic heterocycles. The highest BCUT2D eigenvalue weighted by Crippen LogP contribution is 2.21. The van der Waals surface area contributed by atoms with Gasteiger partial charge in [0.15, 0.2) is 0 Å². The standard InChI is InChI=1S/C13H21N3O2S/c1-9(2)18-13-11(5-4-7-15-13)16-12(17)10(14)6-8-19-3/h4-5,7,9-10H,6,8,14H2,1-3H3,(H,16,17)/t10-/m1/s1. The van der Waals surface area contributed by atoms with Crippen LogP contribution in [0.5, 0.6) is 5.88 Å². The number of hydrogen-bond acceptors (Lipinski definition) is 5. The van der Waals surface area contributed by atoms with Gasteiger partial charge in [0.25, 0.3) is 0 Å². The van der Waals surface area contributed by atoms with Gasteiger partial charge in [0.05, 0.1) is 12.1 Å². The summed E-state index contributed by atoms with van der Waals surface area (Å²) in [5, 5.41) is 2.76. The summed E-state index contributed by atoms with van der Waals surface area (Å²) in [5.41, 5.74) is 6.37. The molecule has 0 aromatic carbocycles. The van der Waals surface area contributed by atoms with Crippen molar-refractivity contribution in [3.63, 3.8) is 0 Å². The molecule has 1 amide bonds. The van der Waals surface area contributed by atoms with E-state index in [1.54, 1.807) is 30.1 Å². The number of carbonyl (C=O) groups is 1. The lowest BCUT2D eigenvalue weighted by Crippen LogP contribution is -2.36. The maximum atomic E-state index is 11.9. The summed E-state index contributed by atoms with van der Waals surface area (Å²) in [7, 11) is 0. The van der Waals surface area contributed by atoms with E-state index >= 15 is 0 Å². The molecule has 0 aliphatic rings. The molecule has 0 bridgehead atoms. The van der Waals surface area contributed by atoms with Gasteiger partial charge in [-0.3, -0.25) is 4.79 Å². The van der Waals surface area contributed by atoms with Crippen LogP contribution in [-0.4, -0.2) is 35.0 Å². The Labute approximate surface area is 118 Å². The second-order valence-corrected chi connectivity index (χ2v) is 5.39. The zero-order valence-electron chi connectivity index (χ0n) is 11.6. The van der Waals surface area contributed by atoms with Crippen molar-refractivity contribution in [2.75, 3.05) is 17.3 Å². The van der Waals surface area contributed by atoms with Crippen LogP contribution in [0.25, 0.3) is 0 Å². The molecule has 106 valence electrons. The molecule has 0 aliphatic carbocycles. The number of ether oxygens (including phenoxy) is 1. The third-order valence-corrected chi connectivity index (χ3v) is 2.99. The van der Waals surface area contributed by atoms with Crippen LogP contribution < -0.4 is 15.8 Å². The van der Waals surface area contributed by atoms with Crippen molar-refractivity contribution in [2.45, 2.75) is 32.4 Å². The molecule has 1 atom stereocenters. The van der Waals surface area contributed by atoms with Gasteiger partial charge < -0.3 is 15.8 Å². The first-order chi connectivity index (χ1) is 9.04. The zero-order valence-corrected chi connectivity index (χ0v) is 12.4. The van der Waals surface area contributed by atoms with E-state index in [4.69, 9.17) is 10.5 Å². The van der Waals surface area contributed by atoms with Crippen LogP contribution in [0, 0.1) is 0 Å². The van der Waals surface area contributed by atoms with Gasteiger partial charge in [0.1, 0.15) is 5.69 Å². The number of aromatic nitrogens is 1. The summed E-state index contributed by atoms with van der Waals surface area (Å²) in [6.45, 7) is 3.81. The van der Waals surface area contributed by atoms with Crippen molar-refractivity contribution in [1.82, 2.24) is 4.98 Å². The smallest absolute Gasteiger partial charge is 0.241 e. The first-order valence-corrected chi connectivity index (χ1v) is 7.61. The Kier molecular flexibility index (Phi) is 6.66. The predicted molar refractivity (Wildman–Crippen MR) is 79.6 cm³/mol. The quantitative estimate of drug-likeness (QED) is 0.799. The maximum Gasteiger partial charge on any atom is 0.241 e. The Morgan fingerprint density at radius 3 is 2.95 bits per heavy atom. The maximum absolute atomic E-state index is 11.9. The van der Waals surface area contributed by atoms with E-state index in [0.717, 1.165) is 5.75 Å². The molecule has 3 N–H and O–H groups in total. The van der Waals surface area contributed by atoms with Crippen molar-refractivity contribution < 1.29 is 9.53 Å². The Morgan fingerprint density at radius 1 is 1.58 bits per heavy atom. The van der Waals surface area contributed by atoms with E-state index in [1.807, 2.05) is 20.1 Å². The second kappa shape index (κ2) is 8.01. The molecule has 1 aromatic rings. The van der Waals surface area contributed by atoms with E-state index in [1.165, 1.54) is 0 Å². The molecular formula is C13H21N3O2S. The van der Waals surface area contributed by atoms with Gasteiger partial charge in [-0.1, -0.05) is 0 Å². The van der Waals surface area contributed by atoms with Crippen molar-refractivity contribution in [3.05, 3.63) is 18.3 Å². The Balaban J connectivity index is 2.68. The largest absolute Gasteiger partial charge is 0.473 e. The molecule has 0 fully saturated rings. The first kappa shape index (κ1) is 15.8. The molecule has 19 heavy (non-hydrogen) atoms. The van der Waals surface area contributed by atoms with E-state index < -0.39 is 6.04 Å². The average molecular weight is 283 g/mol. The second-order valence-electron chi connectivity index (χ2n) is 4.40. The lowest BCUT2D eigenvalue weighted by atomic mass is 10.2. The number of anilines is 1. The van der Waals surface area contributed by atoms with Crippen LogP contribution in [0.2, 0.25) is 0 Å². The number of hydrogen-bond donors (Lipinski definition) is 2. The van der Waals surface area contributed by atoms with Crippen molar-refractivity contribution in [1.29, 1.82) is 0 Å². The fraction of sp³-hybridized carbons (Fsp3) is 0.538. The van der Waals surface area contributed by atoms with Crippen molar-refractivity contribution in [3.8, 4) is 5.88 Å². The molecule has 0 saturated carbocycles. The van der Waals surface area contributed by atoms with Gasteiger partial charge >= 0.3 is 0 Å². The number of nitrogens with one attached hydrogen (secondary N) is 1. The Bertz CT molecular complexity index is 413. The summed E-state index contributed by atoms with van der Waals surface area (Å²) in [6, 6.07) is 2.99. The third kappa shape index (κ3) is 5.48. The molecule has 1 heterocycles. The molecule has 0 radical (unpaired) electrons. The van der Waals surface area contributed by atoms with Gasteiger partial charge in [0.2, 0.25) is 11.8 Å². The fourth-order valence-electron chi connectivity index (χ4n) is 1.40. The molecule has 5 nitrogen and oxygen atoms in total. The average Bonchev–Trinajstić information content (AvgIpc) is 2.37. The molecule has 0 saturated heterocycles. The minimum Gasteiger partial charge on any atom is -0.473 e. The van der Waals surface area contributed by atoms with E-state index in [2.05, 4.69) is 10.3 Å². The van der Waals surface area contributed by atoms with E-state index in [0.29, 0.717) is 18.0 Å². The number of pyridine rings is 1. The van der Waals surface area contributed by atoms with Crippen molar-refractivity contribution >= 4 is 23.4 Å². The van der Waals surface area contributed by atoms with Crippen molar-refractivity contribution in [2.24, 2.45) is 5.73 Å². The number of thioether (sulfide) groups is 1. The SMILES string of the molecule is CSCC[C@@H](N)C(=O)Nc1cccnc1OC(C)C. The summed E-state index contributed by atoms with van der Waals surface area (Å²) < 4.78 is 5.54. The van der Waals surface area contributed by atoms with Crippen LogP contribution in [0.1, 0.15) is 20.3 Å². The van der Waals surface area contributed by atoms with Crippen LogP contribution in [0.4, 0.5) is 5.69 Å². The van der Waals surface area contributed by atoms with Gasteiger partial charge in [-0.05, 0) is 44.4 Å². The minimum absolute atomic E-state index is 0.00397. The van der Waals surface area contributed by atoms with Crippen LogP contribution in [0.15, 0.2) is 18.3 Å². The lowest BCUT2D eigenvalue weighted by Gasteiger charge is -2.15. The monoisotopic (exact) mass is 283 g/mol. The van der Waals surface area contributed by atoms with Gasteiger partial charge in [-0.25, -0.2) is 4.98 Å². The zero-order chi connectivity index (χ0) is 14.3. The molecule has 1 aromatic heterocycles. The fourth-order valence-corrected chi connectivity index (χ4v) is 1.89. The summed E-state index contributed by atoms with van der Waals surface area (Å²) in [5.74, 6) is 1.07. The van der Waals surface area contributed by atoms with Gasteiger partial charge in [-0.2, -0.15) is 11.8 Å². The molecule has 0 unspecified atom stereocenters. The highest BCUT2D eigenvalue weighted by Gasteiger charge is 2.16. The van der Waals surface area contributed by atoms with Gasteiger partial charge in [-0.15, -0.1) is 0 Å². The first-order valence-electron chi connectivity index (χ1n) is 6.21. The normalized spacial score (nSPS) is 12.3. The Morgan fingerprint density at radius 2 is 2.32 bits per heavy atom. The minimum atomic E-state index is -0.514. The molecule has 1 rings (SSSR count). The predicted octanol–water partition coefficient (Wildman–Crippen LogP) is 1.89. The highest BCUT2D eigenvalue weighted by atomic mass is 32.2. The Hall–Kier alpha value is -1.27. The van der Waals surface area contributed by atoms with E-state index in [-0.39, 0.29) is 12.0 Å². The number of nitrogens with two attached hydrogens (primary N) is 1. The number of carbonyl (C=O) groups excluding carboxylic acids is 1.